The molecule has 0 saturated carbocycles. The highest BCUT2D eigenvalue weighted by Gasteiger charge is 2.25. The van der Waals surface area contributed by atoms with Gasteiger partial charge in [0.1, 0.15) is 8.07 Å². The van der Waals surface area contributed by atoms with Crippen molar-refractivity contribution >= 4 is 18.1 Å². The molecule has 0 spiro atoms. The van der Waals surface area contributed by atoms with Crippen LogP contribution in [0, 0.1) is 18.4 Å². The van der Waals surface area contributed by atoms with Gasteiger partial charge in [0.2, 0.25) is 10.0 Å². The highest BCUT2D eigenvalue weighted by atomic mass is 32.2. The number of nitrogens with zero attached hydrogens (tertiary/aromatic N) is 1. The minimum absolute atomic E-state index is 0.241. The third kappa shape index (κ3) is 8.39. The van der Waals surface area contributed by atoms with Gasteiger partial charge in [0.25, 0.3) is 0 Å². The third-order valence-electron chi connectivity index (χ3n) is 6.42. The lowest BCUT2D eigenvalue weighted by Gasteiger charge is -2.21. The van der Waals surface area contributed by atoms with Gasteiger partial charge in [0.15, 0.2) is 0 Å². The Bertz CT molecular complexity index is 908. The summed E-state index contributed by atoms with van der Waals surface area (Å²) >= 11 is 0. The number of aryl methyl sites for hydroxylation is 1. The summed E-state index contributed by atoms with van der Waals surface area (Å²) in [4.78, 5) is 0.309. The molecule has 0 atom stereocenters. The highest BCUT2D eigenvalue weighted by Crippen LogP contribution is 2.21. The van der Waals surface area contributed by atoms with Crippen molar-refractivity contribution in [3.8, 4) is 11.5 Å². The molecule has 1 rings (SSSR count). The van der Waals surface area contributed by atoms with Crippen molar-refractivity contribution in [2.24, 2.45) is 0 Å². The van der Waals surface area contributed by atoms with Crippen LogP contribution in [-0.4, -0.2) is 34.4 Å². The molecule has 0 fully saturated rings. The Balaban J connectivity index is 3.11. The molecule has 0 N–H and O–H groups in total. The lowest BCUT2D eigenvalue weighted by Crippen LogP contribution is -2.30. The molecule has 5 heteroatoms. The summed E-state index contributed by atoms with van der Waals surface area (Å²) in [5.74, 6) is 3.46. The molecule has 32 heavy (non-hydrogen) atoms. The van der Waals surface area contributed by atoms with E-state index in [2.05, 4.69) is 51.8 Å². The van der Waals surface area contributed by atoms with E-state index in [9.17, 15) is 8.42 Å². The number of benzene rings is 1. The zero-order chi connectivity index (χ0) is 24.2. The van der Waals surface area contributed by atoms with Gasteiger partial charge in [-0.1, -0.05) is 83.2 Å². The van der Waals surface area contributed by atoms with Crippen LogP contribution < -0.4 is 0 Å². The largest absolute Gasteiger partial charge is 0.243 e. The Labute approximate surface area is 199 Å². The lowest BCUT2D eigenvalue weighted by molar-refractivity contribution is 0.494. The SMILES string of the molecule is C=C(CN(C)S(=O)(=O)c1ccc(C)cc1)/C(C#C[Si](CC)(CC)CC)=C/CCCCCC. The second kappa shape index (κ2) is 13.8. The minimum Gasteiger partial charge on any atom is -0.207 e. The summed E-state index contributed by atoms with van der Waals surface area (Å²) in [6, 6.07) is 10.4. The fourth-order valence-electron chi connectivity index (χ4n) is 3.65. The fraction of sp³-hybridized carbons (Fsp3) is 0.556. The van der Waals surface area contributed by atoms with Gasteiger partial charge in [-0.25, -0.2) is 8.42 Å². The Hall–Kier alpha value is -1.61. The van der Waals surface area contributed by atoms with Crippen molar-refractivity contribution in [1.29, 1.82) is 0 Å². The highest BCUT2D eigenvalue weighted by molar-refractivity contribution is 7.89. The van der Waals surface area contributed by atoms with Gasteiger partial charge in [-0.15, -0.1) is 5.54 Å². The molecule has 1 aromatic rings. The van der Waals surface area contributed by atoms with Crippen LogP contribution in [0.4, 0.5) is 0 Å². The van der Waals surface area contributed by atoms with Gasteiger partial charge >= 0.3 is 0 Å². The monoisotopic (exact) mass is 473 g/mol. The molecule has 0 aliphatic carbocycles. The van der Waals surface area contributed by atoms with Crippen LogP contribution in [0.2, 0.25) is 18.1 Å². The van der Waals surface area contributed by atoms with Gasteiger partial charge in [-0.05, 0) is 55.6 Å². The number of rotatable bonds is 13. The molecular weight excluding hydrogens is 430 g/mol. The number of sulfonamides is 1. The molecule has 0 aromatic heterocycles. The van der Waals surface area contributed by atoms with Gasteiger partial charge in [-0.2, -0.15) is 4.31 Å². The maximum Gasteiger partial charge on any atom is 0.243 e. The fourth-order valence-corrected chi connectivity index (χ4v) is 7.24. The van der Waals surface area contributed by atoms with Crippen LogP contribution >= 0.6 is 0 Å². The number of hydrogen-bond donors (Lipinski definition) is 0. The van der Waals surface area contributed by atoms with Crippen molar-refractivity contribution in [3.05, 3.63) is 53.6 Å². The van der Waals surface area contributed by atoms with Crippen molar-refractivity contribution in [3.63, 3.8) is 0 Å². The minimum atomic E-state index is -3.57. The summed E-state index contributed by atoms with van der Waals surface area (Å²) in [6.07, 6.45) is 7.92. The number of allylic oxidation sites excluding steroid dienone is 1. The molecule has 0 unspecified atom stereocenters. The molecule has 0 aliphatic heterocycles. The molecule has 0 saturated heterocycles. The van der Waals surface area contributed by atoms with Gasteiger partial charge in [0, 0.05) is 19.2 Å². The van der Waals surface area contributed by atoms with E-state index in [4.69, 9.17) is 0 Å². The van der Waals surface area contributed by atoms with E-state index >= 15 is 0 Å². The first-order valence-corrected chi connectivity index (χ1v) is 16.2. The number of likely N-dealkylation sites (N-methyl/N-ethyl adjacent to an activating group) is 1. The summed E-state index contributed by atoms with van der Waals surface area (Å²) in [6.45, 7) is 15.4. The summed E-state index contributed by atoms with van der Waals surface area (Å²) in [7, 11) is -3.54. The van der Waals surface area contributed by atoms with Crippen molar-refractivity contribution in [2.75, 3.05) is 13.6 Å². The zero-order valence-corrected chi connectivity index (χ0v) is 22.9. The quantitative estimate of drug-likeness (QED) is 0.132. The summed E-state index contributed by atoms with van der Waals surface area (Å²) in [5, 5.41) is 0. The van der Waals surface area contributed by atoms with E-state index in [1.165, 1.54) is 23.6 Å². The number of hydrogen-bond acceptors (Lipinski definition) is 2. The standard InChI is InChI=1S/C27H43NO2SSi/c1-8-12-13-14-15-16-26(21-22-32(9-2,10-3)11-4)25(6)23-28(7)31(29,30)27-19-17-24(5)18-20-27/h16-20H,6,8-15,23H2,1-5,7H3/b26-16+. The van der Waals surface area contributed by atoms with Crippen molar-refractivity contribution < 1.29 is 8.42 Å². The smallest absolute Gasteiger partial charge is 0.207 e. The van der Waals surface area contributed by atoms with Crippen LogP contribution in [0.5, 0.6) is 0 Å². The van der Waals surface area contributed by atoms with Gasteiger partial charge in [0.05, 0.1) is 4.90 Å². The van der Waals surface area contributed by atoms with E-state index in [0.717, 1.165) is 47.7 Å². The maximum atomic E-state index is 13.0. The van der Waals surface area contributed by atoms with E-state index in [1.54, 1.807) is 19.2 Å². The average molecular weight is 474 g/mol. The van der Waals surface area contributed by atoms with Gasteiger partial charge in [-0.3, -0.25) is 0 Å². The van der Waals surface area contributed by atoms with Crippen molar-refractivity contribution in [2.45, 2.75) is 89.8 Å². The molecule has 0 bridgehead atoms. The average Bonchev–Trinajstić information content (AvgIpc) is 2.78. The topological polar surface area (TPSA) is 37.4 Å². The lowest BCUT2D eigenvalue weighted by atomic mass is 10.1. The first kappa shape index (κ1) is 28.4. The molecular formula is C27H43NO2SSi. The van der Waals surface area contributed by atoms with Crippen LogP contribution in [-0.2, 0) is 10.0 Å². The Morgan fingerprint density at radius 1 is 1.03 bits per heavy atom. The molecule has 0 aliphatic rings. The van der Waals surface area contributed by atoms with E-state index in [-0.39, 0.29) is 6.54 Å². The van der Waals surface area contributed by atoms with E-state index in [1.807, 2.05) is 19.1 Å². The van der Waals surface area contributed by atoms with Crippen LogP contribution in [0.25, 0.3) is 0 Å². The molecule has 1 aromatic carbocycles. The van der Waals surface area contributed by atoms with Crippen LogP contribution in [0.3, 0.4) is 0 Å². The van der Waals surface area contributed by atoms with Crippen LogP contribution in [0.1, 0.15) is 65.4 Å². The molecule has 0 radical (unpaired) electrons. The van der Waals surface area contributed by atoms with E-state index < -0.39 is 18.1 Å². The zero-order valence-electron chi connectivity index (χ0n) is 21.1. The second-order valence-corrected chi connectivity index (χ2v) is 15.7. The summed E-state index contributed by atoms with van der Waals surface area (Å²) in [5.41, 5.74) is 6.39. The normalized spacial score (nSPS) is 12.5. The maximum absolute atomic E-state index is 13.0. The third-order valence-corrected chi connectivity index (χ3v) is 13.0. The predicted molar refractivity (Wildman–Crippen MR) is 142 cm³/mol. The molecule has 0 amide bonds. The van der Waals surface area contributed by atoms with Crippen molar-refractivity contribution in [1.82, 2.24) is 4.31 Å². The van der Waals surface area contributed by atoms with Crippen LogP contribution in [0.15, 0.2) is 53.0 Å². The summed E-state index contributed by atoms with van der Waals surface area (Å²) < 4.78 is 27.4. The molecule has 3 nitrogen and oxygen atoms in total. The molecule has 178 valence electrons. The first-order valence-electron chi connectivity index (χ1n) is 12.1. The van der Waals surface area contributed by atoms with E-state index in [0.29, 0.717) is 4.90 Å². The number of unbranched alkanes of at least 4 members (excludes halogenated alkanes) is 4. The second-order valence-electron chi connectivity index (χ2n) is 8.74. The first-order chi connectivity index (χ1) is 15.2. The Morgan fingerprint density at radius 2 is 1.62 bits per heavy atom. The predicted octanol–water partition coefficient (Wildman–Crippen LogP) is 7.12. The Kier molecular flexibility index (Phi) is 12.3. The molecule has 0 heterocycles. The Morgan fingerprint density at radius 3 is 2.16 bits per heavy atom. The van der Waals surface area contributed by atoms with Gasteiger partial charge < -0.3 is 0 Å².